The third kappa shape index (κ3) is 1.78. The number of hydrogen-bond donors (Lipinski definition) is 1. The largest absolute Gasteiger partial charge is 0.392 e. The number of allylic oxidation sites excluding steroid dienone is 4. The molecule has 0 heterocycles. The zero-order chi connectivity index (χ0) is 11.8. The molecule has 0 radical (unpaired) electrons. The van der Waals surface area contributed by atoms with Crippen LogP contribution in [0.15, 0.2) is 36.0 Å². The van der Waals surface area contributed by atoms with Crippen LogP contribution in [0.5, 0.6) is 0 Å². The zero-order valence-electron chi connectivity index (χ0n) is 10.4. The quantitative estimate of drug-likeness (QED) is 0.716. The molecule has 1 nitrogen and oxygen atoms in total. The maximum Gasteiger partial charge on any atom is 0.0639 e. The van der Waals surface area contributed by atoms with Crippen LogP contribution in [-0.4, -0.2) is 11.7 Å². The topological polar surface area (TPSA) is 20.2 Å². The Morgan fingerprint density at radius 2 is 2.38 bits per heavy atom. The highest BCUT2D eigenvalue weighted by molar-refractivity contribution is 5.33. The van der Waals surface area contributed by atoms with Gasteiger partial charge >= 0.3 is 0 Å². The SMILES string of the molecule is C=C1[C@@H]2C=C[C@@H](C2)[C@@]1(C)CC/C=C(/C)CO. The van der Waals surface area contributed by atoms with Crippen molar-refractivity contribution in [2.45, 2.75) is 33.1 Å². The first kappa shape index (κ1) is 11.7. The van der Waals surface area contributed by atoms with E-state index in [2.05, 4.69) is 31.7 Å². The smallest absolute Gasteiger partial charge is 0.0639 e. The van der Waals surface area contributed by atoms with Crippen LogP contribution in [0.3, 0.4) is 0 Å². The van der Waals surface area contributed by atoms with Crippen molar-refractivity contribution in [1.29, 1.82) is 0 Å². The molecule has 0 saturated heterocycles. The molecule has 88 valence electrons. The van der Waals surface area contributed by atoms with Crippen LogP contribution in [0.4, 0.5) is 0 Å². The molecular formula is C15H22O. The average molecular weight is 218 g/mol. The molecule has 0 aromatic heterocycles. The molecule has 0 spiro atoms. The Labute approximate surface area is 98.6 Å². The Morgan fingerprint density at radius 3 is 2.94 bits per heavy atom. The van der Waals surface area contributed by atoms with Gasteiger partial charge in [-0.25, -0.2) is 0 Å². The van der Waals surface area contributed by atoms with Gasteiger partial charge in [0.05, 0.1) is 6.61 Å². The Kier molecular flexibility index (Phi) is 3.07. The van der Waals surface area contributed by atoms with Crippen LogP contribution < -0.4 is 0 Å². The van der Waals surface area contributed by atoms with E-state index in [1.54, 1.807) is 0 Å². The molecule has 3 atom stereocenters. The summed E-state index contributed by atoms with van der Waals surface area (Å²) in [7, 11) is 0. The van der Waals surface area contributed by atoms with Gasteiger partial charge < -0.3 is 5.11 Å². The van der Waals surface area contributed by atoms with Crippen LogP contribution >= 0.6 is 0 Å². The predicted molar refractivity (Wildman–Crippen MR) is 68.1 cm³/mol. The van der Waals surface area contributed by atoms with E-state index < -0.39 is 0 Å². The van der Waals surface area contributed by atoms with Gasteiger partial charge in [-0.15, -0.1) is 0 Å². The van der Waals surface area contributed by atoms with Crippen molar-refractivity contribution in [2.24, 2.45) is 17.3 Å². The predicted octanol–water partition coefficient (Wildman–Crippen LogP) is 3.47. The van der Waals surface area contributed by atoms with Crippen LogP contribution in [0.2, 0.25) is 0 Å². The van der Waals surface area contributed by atoms with Crippen LogP contribution in [-0.2, 0) is 0 Å². The first-order chi connectivity index (χ1) is 7.58. The van der Waals surface area contributed by atoms with Crippen LogP contribution in [0.1, 0.15) is 33.1 Å². The molecule has 2 bridgehead atoms. The monoisotopic (exact) mass is 218 g/mol. The van der Waals surface area contributed by atoms with Gasteiger partial charge in [0.2, 0.25) is 0 Å². The fraction of sp³-hybridized carbons (Fsp3) is 0.600. The van der Waals surface area contributed by atoms with Crippen molar-refractivity contribution in [3.63, 3.8) is 0 Å². The highest BCUT2D eigenvalue weighted by atomic mass is 16.3. The fourth-order valence-electron chi connectivity index (χ4n) is 3.12. The van der Waals surface area contributed by atoms with Gasteiger partial charge in [-0.2, -0.15) is 0 Å². The molecule has 0 aromatic carbocycles. The number of aliphatic hydroxyl groups is 1. The fourth-order valence-corrected chi connectivity index (χ4v) is 3.12. The van der Waals surface area contributed by atoms with E-state index in [0.29, 0.717) is 17.3 Å². The molecule has 1 heteroatoms. The van der Waals surface area contributed by atoms with Crippen molar-refractivity contribution in [2.75, 3.05) is 6.61 Å². The molecule has 2 rings (SSSR count). The average Bonchev–Trinajstić information content (AvgIpc) is 2.83. The highest BCUT2D eigenvalue weighted by Crippen LogP contribution is 2.57. The minimum absolute atomic E-state index is 0.184. The first-order valence-electron chi connectivity index (χ1n) is 6.22. The molecule has 1 N–H and O–H groups in total. The van der Waals surface area contributed by atoms with Crippen LogP contribution in [0.25, 0.3) is 0 Å². The Morgan fingerprint density at radius 1 is 1.62 bits per heavy atom. The van der Waals surface area contributed by atoms with Crippen molar-refractivity contribution in [3.05, 3.63) is 36.0 Å². The summed E-state index contributed by atoms with van der Waals surface area (Å²) >= 11 is 0. The summed E-state index contributed by atoms with van der Waals surface area (Å²) in [4.78, 5) is 0. The summed E-state index contributed by atoms with van der Waals surface area (Å²) in [5.74, 6) is 1.34. The van der Waals surface area contributed by atoms with Gasteiger partial charge in [0, 0.05) is 0 Å². The molecular weight excluding hydrogens is 196 g/mol. The van der Waals surface area contributed by atoms with Crippen molar-refractivity contribution in [1.82, 2.24) is 0 Å². The number of aliphatic hydroxyl groups excluding tert-OH is 1. The molecule has 1 fully saturated rings. The Hall–Kier alpha value is -0.820. The third-order valence-corrected chi connectivity index (χ3v) is 4.49. The minimum Gasteiger partial charge on any atom is -0.392 e. The molecule has 2 aliphatic rings. The normalized spacial score (nSPS) is 37.4. The molecule has 0 amide bonds. The second-order valence-corrected chi connectivity index (χ2v) is 5.52. The lowest BCUT2D eigenvalue weighted by Gasteiger charge is -2.33. The second-order valence-electron chi connectivity index (χ2n) is 5.52. The van der Waals surface area contributed by atoms with E-state index in [1.807, 2.05) is 6.92 Å². The maximum atomic E-state index is 8.95. The van der Waals surface area contributed by atoms with Gasteiger partial charge in [0.1, 0.15) is 0 Å². The molecule has 1 saturated carbocycles. The Bertz CT molecular complexity index is 350. The molecule has 0 aromatic rings. The van der Waals surface area contributed by atoms with Gasteiger partial charge in [-0.05, 0) is 43.4 Å². The maximum absolute atomic E-state index is 8.95. The van der Waals surface area contributed by atoms with Crippen molar-refractivity contribution in [3.8, 4) is 0 Å². The lowest BCUT2D eigenvalue weighted by molar-refractivity contribution is 0.304. The summed E-state index contributed by atoms with van der Waals surface area (Å²) < 4.78 is 0. The van der Waals surface area contributed by atoms with Crippen molar-refractivity contribution < 1.29 is 5.11 Å². The second kappa shape index (κ2) is 4.21. The molecule has 0 aliphatic heterocycles. The third-order valence-electron chi connectivity index (χ3n) is 4.49. The van der Waals surface area contributed by atoms with E-state index in [-0.39, 0.29) is 6.61 Å². The molecule has 0 unspecified atom stereocenters. The van der Waals surface area contributed by atoms with E-state index in [4.69, 9.17) is 5.11 Å². The van der Waals surface area contributed by atoms with E-state index >= 15 is 0 Å². The summed E-state index contributed by atoms with van der Waals surface area (Å²) in [5, 5.41) is 8.95. The summed E-state index contributed by atoms with van der Waals surface area (Å²) in [6.45, 7) is 8.81. The van der Waals surface area contributed by atoms with Gasteiger partial charge in [0.15, 0.2) is 0 Å². The minimum atomic E-state index is 0.184. The Balaban J connectivity index is 1.99. The zero-order valence-corrected chi connectivity index (χ0v) is 10.4. The van der Waals surface area contributed by atoms with Gasteiger partial charge in [0.25, 0.3) is 0 Å². The van der Waals surface area contributed by atoms with Gasteiger partial charge in [-0.1, -0.05) is 42.9 Å². The summed E-state index contributed by atoms with van der Waals surface area (Å²) in [6.07, 6.45) is 10.4. The highest BCUT2D eigenvalue weighted by Gasteiger charge is 2.47. The summed E-state index contributed by atoms with van der Waals surface area (Å²) in [5.41, 5.74) is 2.80. The van der Waals surface area contributed by atoms with Gasteiger partial charge in [-0.3, -0.25) is 0 Å². The number of rotatable bonds is 4. The lowest BCUT2D eigenvalue weighted by Crippen LogP contribution is -2.23. The van der Waals surface area contributed by atoms with E-state index in [1.165, 1.54) is 12.0 Å². The molecule has 16 heavy (non-hydrogen) atoms. The van der Waals surface area contributed by atoms with Crippen LogP contribution in [0, 0.1) is 17.3 Å². The summed E-state index contributed by atoms with van der Waals surface area (Å²) in [6, 6.07) is 0. The van der Waals surface area contributed by atoms with E-state index in [0.717, 1.165) is 18.4 Å². The lowest BCUT2D eigenvalue weighted by atomic mass is 9.71. The number of hydrogen-bond acceptors (Lipinski definition) is 1. The molecule has 2 aliphatic carbocycles. The number of fused-ring (bicyclic) bond motifs is 2. The standard InChI is InChI=1S/C15H22O/c1-11(10-16)5-4-8-15(3)12(2)13-6-7-14(15)9-13/h5-7,13-14,16H,2,4,8-10H2,1,3H3/b11-5-/t13-,14+,15+/m1/s1. The first-order valence-corrected chi connectivity index (χ1v) is 6.22. The van der Waals surface area contributed by atoms with Crippen molar-refractivity contribution >= 4 is 0 Å². The van der Waals surface area contributed by atoms with E-state index in [9.17, 15) is 0 Å².